The quantitative estimate of drug-likeness (QED) is 0.820. The van der Waals surface area contributed by atoms with Gasteiger partial charge >= 0.3 is 0 Å². The third kappa shape index (κ3) is 3.19. The van der Waals surface area contributed by atoms with E-state index in [9.17, 15) is 0 Å². The van der Waals surface area contributed by atoms with Crippen LogP contribution >= 0.6 is 0 Å². The van der Waals surface area contributed by atoms with E-state index in [1.54, 1.807) is 6.20 Å². The molecule has 0 radical (unpaired) electrons. The Morgan fingerprint density at radius 2 is 2.44 bits per heavy atom. The Kier molecular flexibility index (Phi) is 4.92. The highest BCUT2D eigenvalue weighted by atomic mass is 16.6. The van der Waals surface area contributed by atoms with E-state index >= 15 is 0 Å². The topological polar surface area (TPSA) is 69.4 Å². The van der Waals surface area contributed by atoms with E-state index in [-0.39, 0.29) is 12.1 Å². The number of nitrogens with one attached hydrogen (secondary N) is 1. The second-order valence-corrected chi connectivity index (χ2v) is 4.39. The molecule has 0 amide bonds. The maximum absolute atomic E-state index is 5.95. The summed E-state index contributed by atoms with van der Waals surface area (Å²) in [5.41, 5.74) is 6.94. The Bertz CT molecular complexity index is 367. The number of ether oxygens (including phenoxy) is 2. The molecule has 2 heterocycles. The summed E-state index contributed by atoms with van der Waals surface area (Å²) >= 11 is 0. The summed E-state index contributed by atoms with van der Waals surface area (Å²) in [6.45, 7) is 4.94. The molecule has 0 spiro atoms. The third-order valence-corrected chi connectivity index (χ3v) is 3.03. The molecule has 100 valence electrons. The van der Waals surface area contributed by atoms with Gasteiger partial charge in [0, 0.05) is 11.8 Å². The molecule has 18 heavy (non-hydrogen) atoms. The van der Waals surface area contributed by atoms with Crippen molar-refractivity contribution in [2.75, 3.05) is 32.1 Å². The van der Waals surface area contributed by atoms with E-state index in [1.165, 1.54) is 0 Å². The molecule has 2 rings (SSSR count). The Morgan fingerprint density at radius 1 is 1.56 bits per heavy atom. The monoisotopic (exact) mass is 251 g/mol. The first kappa shape index (κ1) is 13.3. The van der Waals surface area contributed by atoms with Crippen molar-refractivity contribution in [3.63, 3.8) is 0 Å². The van der Waals surface area contributed by atoms with Crippen LogP contribution in [0.25, 0.3) is 0 Å². The largest absolute Gasteiger partial charge is 0.383 e. The van der Waals surface area contributed by atoms with Crippen LogP contribution in [0.5, 0.6) is 0 Å². The molecule has 3 N–H and O–H groups in total. The lowest BCUT2D eigenvalue weighted by Crippen LogP contribution is -2.41. The van der Waals surface area contributed by atoms with Crippen molar-refractivity contribution in [2.45, 2.75) is 25.5 Å². The van der Waals surface area contributed by atoms with Crippen LogP contribution in [0.3, 0.4) is 0 Å². The minimum atomic E-state index is -0.00296. The highest BCUT2D eigenvalue weighted by Gasteiger charge is 2.27. The molecular formula is C13H21N3O2. The minimum Gasteiger partial charge on any atom is -0.383 e. The van der Waals surface area contributed by atoms with Gasteiger partial charge < -0.3 is 20.5 Å². The summed E-state index contributed by atoms with van der Waals surface area (Å²) < 4.78 is 11.3. The zero-order valence-electron chi connectivity index (χ0n) is 10.8. The number of pyridine rings is 1. The molecule has 2 unspecified atom stereocenters. The second-order valence-electron chi connectivity index (χ2n) is 4.39. The molecule has 0 aliphatic carbocycles. The Balaban J connectivity index is 2.15. The summed E-state index contributed by atoms with van der Waals surface area (Å²) in [4.78, 5) is 4.14. The molecule has 1 saturated heterocycles. The van der Waals surface area contributed by atoms with Gasteiger partial charge in [-0.3, -0.25) is 0 Å². The van der Waals surface area contributed by atoms with Crippen LogP contribution in [-0.4, -0.2) is 37.5 Å². The summed E-state index contributed by atoms with van der Waals surface area (Å²) in [5.74, 6) is 0.556. The Hall–Kier alpha value is -1.17. The molecule has 1 aliphatic rings. The Morgan fingerprint density at radius 3 is 3.11 bits per heavy atom. The second kappa shape index (κ2) is 6.68. The van der Waals surface area contributed by atoms with Crippen LogP contribution in [-0.2, 0) is 9.47 Å². The van der Waals surface area contributed by atoms with Gasteiger partial charge in [-0.2, -0.15) is 0 Å². The zero-order chi connectivity index (χ0) is 12.8. The predicted octanol–water partition coefficient (Wildman–Crippen LogP) is 1.12. The molecular weight excluding hydrogens is 230 g/mol. The van der Waals surface area contributed by atoms with Gasteiger partial charge in [-0.1, -0.05) is 13.0 Å². The highest BCUT2D eigenvalue weighted by molar-refractivity contribution is 5.41. The lowest BCUT2D eigenvalue weighted by atomic mass is 10.0. The zero-order valence-corrected chi connectivity index (χ0v) is 10.8. The van der Waals surface area contributed by atoms with Crippen LogP contribution in [0.1, 0.15) is 24.9 Å². The summed E-state index contributed by atoms with van der Waals surface area (Å²) in [7, 11) is 0. The molecule has 5 nitrogen and oxygen atoms in total. The van der Waals surface area contributed by atoms with Gasteiger partial charge in [-0.25, -0.2) is 4.98 Å². The first-order valence-electron chi connectivity index (χ1n) is 6.46. The molecule has 1 aromatic heterocycles. The van der Waals surface area contributed by atoms with E-state index in [1.807, 2.05) is 12.1 Å². The lowest BCUT2D eigenvalue weighted by Gasteiger charge is -2.31. The molecule has 5 heteroatoms. The normalized spacial score (nSPS) is 21.7. The van der Waals surface area contributed by atoms with Crippen LogP contribution < -0.4 is 11.1 Å². The van der Waals surface area contributed by atoms with Gasteiger partial charge in [0.2, 0.25) is 0 Å². The van der Waals surface area contributed by atoms with Gasteiger partial charge in [0.1, 0.15) is 11.9 Å². The van der Waals surface area contributed by atoms with Gasteiger partial charge in [0.15, 0.2) is 0 Å². The van der Waals surface area contributed by atoms with Gasteiger partial charge in [-0.15, -0.1) is 0 Å². The van der Waals surface area contributed by atoms with Crippen molar-refractivity contribution in [1.29, 1.82) is 0 Å². The lowest BCUT2D eigenvalue weighted by molar-refractivity contribution is -0.102. The number of rotatable bonds is 5. The number of nitrogens with zero attached hydrogens (tertiary/aromatic N) is 1. The van der Waals surface area contributed by atoms with Crippen LogP contribution in [0.2, 0.25) is 0 Å². The van der Waals surface area contributed by atoms with Crippen molar-refractivity contribution in [2.24, 2.45) is 0 Å². The van der Waals surface area contributed by atoms with Crippen LogP contribution in [0.15, 0.2) is 18.3 Å². The fourth-order valence-corrected chi connectivity index (χ4v) is 2.13. The van der Waals surface area contributed by atoms with Crippen LogP contribution in [0, 0.1) is 0 Å². The van der Waals surface area contributed by atoms with E-state index < -0.39 is 0 Å². The SMILES string of the molecule is CCCNC(c1cccnc1N)C1COCCO1. The van der Waals surface area contributed by atoms with E-state index in [2.05, 4.69) is 17.2 Å². The fraction of sp³-hybridized carbons (Fsp3) is 0.615. The summed E-state index contributed by atoms with van der Waals surface area (Å²) in [6.07, 6.45) is 2.76. The number of nitrogens with two attached hydrogens (primary N) is 1. The smallest absolute Gasteiger partial charge is 0.128 e. The first-order chi connectivity index (χ1) is 8.83. The number of hydrogen-bond donors (Lipinski definition) is 2. The number of anilines is 1. The van der Waals surface area contributed by atoms with Crippen LogP contribution in [0.4, 0.5) is 5.82 Å². The molecule has 1 aliphatic heterocycles. The maximum atomic E-state index is 5.95. The average molecular weight is 251 g/mol. The molecule has 1 aromatic rings. The highest BCUT2D eigenvalue weighted by Crippen LogP contribution is 2.24. The van der Waals surface area contributed by atoms with E-state index in [0.29, 0.717) is 25.6 Å². The first-order valence-corrected chi connectivity index (χ1v) is 6.46. The van der Waals surface area contributed by atoms with E-state index in [0.717, 1.165) is 18.5 Å². The van der Waals surface area contributed by atoms with Crippen molar-refractivity contribution in [1.82, 2.24) is 10.3 Å². The fourth-order valence-electron chi connectivity index (χ4n) is 2.13. The maximum Gasteiger partial charge on any atom is 0.128 e. The Labute approximate surface area is 108 Å². The number of hydrogen-bond acceptors (Lipinski definition) is 5. The molecule has 1 fully saturated rings. The minimum absolute atomic E-state index is 0.00296. The summed E-state index contributed by atoms with van der Waals surface area (Å²) in [6, 6.07) is 3.93. The number of aromatic nitrogens is 1. The van der Waals surface area contributed by atoms with Gasteiger partial charge in [0.05, 0.1) is 25.9 Å². The van der Waals surface area contributed by atoms with Crippen molar-refractivity contribution >= 4 is 5.82 Å². The average Bonchev–Trinajstić information content (AvgIpc) is 2.42. The standard InChI is InChI=1S/C13H21N3O2/c1-2-5-15-12(11-9-17-7-8-18-11)10-4-3-6-16-13(10)14/h3-4,6,11-12,15H,2,5,7-9H2,1H3,(H2,14,16). The molecule has 0 saturated carbocycles. The van der Waals surface area contributed by atoms with Crippen molar-refractivity contribution in [3.05, 3.63) is 23.9 Å². The summed E-state index contributed by atoms with van der Waals surface area (Å²) in [5, 5.41) is 3.47. The third-order valence-electron chi connectivity index (χ3n) is 3.03. The molecule has 0 aromatic carbocycles. The van der Waals surface area contributed by atoms with Crippen molar-refractivity contribution < 1.29 is 9.47 Å². The van der Waals surface area contributed by atoms with Gasteiger partial charge in [0.25, 0.3) is 0 Å². The predicted molar refractivity (Wildman–Crippen MR) is 70.2 cm³/mol. The van der Waals surface area contributed by atoms with Gasteiger partial charge in [-0.05, 0) is 19.0 Å². The molecule has 0 bridgehead atoms. The van der Waals surface area contributed by atoms with E-state index in [4.69, 9.17) is 15.2 Å². The number of nitrogen functional groups attached to an aromatic ring is 1. The molecule has 2 atom stereocenters. The van der Waals surface area contributed by atoms with Crippen molar-refractivity contribution in [3.8, 4) is 0 Å².